The third kappa shape index (κ3) is 7.15. The minimum Gasteiger partial charge on any atom is -0.496 e. The Morgan fingerprint density at radius 2 is 1.95 bits per heavy atom. The van der Waals surface area contributed by atoms with E-state index in [2.05, 4.69) is 24.0 Å². The summed E-state index contributed by atoms with van der Waals surface area (Å²) in [4.78, 5) is 30.5. The molecule has 8 nitrogen and oxygen atoms in total. The number of aliphatic carboxylic acids is 1. The van der Waals surface area contributed by atoms with Crippen LogP contribution in [0.5, 0.6) is 11.5 Å². The first-order chi connectivity index (χ1) is 19.5. The van der Waals surface area contributed by atoms with Crippen LogP contribution >= 0.6 is 0 Å². The summed E-state index contributed by atoms with van der Waals surface area (Å²) in [6.45, 7) is 5.43. The Kier molecular flexibility index (Phi) is 10.8. The molecular formula is C32H45N3O5. The lowest BCUT2D eigenvalue weighted by Gasteiger charge is -2.30. The van der Waals surface area contributed by atoms with E-state index in [1.54, 1.807) is 7.11 Å². The van der Waals surface area contributed by atoms with Gasteiger partial charge in [-0.2, -0.15) is 0 Å². The molecule has 0 radical (unpaired) electrons. The maximum absolute atomic E-state index is 13.6. The number of likely N-dealkylation sites (tertiary alicyclic amines) is 1. The normalized spacial score (nSPS) is 20.2. The molecule has 2 aromatic rings. The van der Waals surface area contributed by atoms with Gasteiger partial charge in [-0.15, -0.1) is 0 Å². The number of para-hydroxylation sites is 1. The predicted octanol–water partition coefficient (Wildman–Crippen LogP) is 4.10. The first-order valence-corrected chi connectivity index (χ1v) is 14.8. The number of carbonyl (C=O) groups is 2. The predicted molar refractivity (Wildman–Crippen MR) is 156 cm³/mol. The zero-order valence-electron chi connectivity index (χ0n) is 24.0. The smallest absolute Gasteiger partial charge is 0.308 e. The summed E-state index contributed by atoms with van der Waals surface area (Å²) >= 11 is 0. The van der Waals surface area contributed by atoms with Crippen LogP contribution in [0, 0.1) is 5.92 Å². The van der Waals surface area contributed by atoms with Gasteiger partial charge in [0, 0.05) is 38.0 Å². The molecule has 0 bridgehead atoms. The van der Waals surface area contributed by atoms with Crippen molar-refractivity contribution in [3.05, 3.63) is 59.2 Å². The van der Waals surface area contributed by atoms with Crippen molar-refractivity contribution in [3.63, 3.8) is 0 Å². The molecule has 2 heterocycles. The van der Waals surface area contributed by atoms with Gasteiger partial charge in [0.15, 0.2) is 0 Å². The topological polar surface area (TPSA) is 105 Å². The van der Waals surface area contributed by atoms with Crippen LogP contribution in [0.4, 0.5) is 0 Å². The van der Waals surface area contributed by atoms with Gasteiger partial charge in [-0.3, -0.25) is 14.5 Å². The Bertz CT molecular complexity index is 1130. The summed E-state index contributed by atoms with van der Waals surface area (Å²) in [5.41, 5.74) is 9.02. The van der Waals surface area contributed by atoms with Gasteiger partial charge in [-0.25, -0.2) is 0 Å². The monoisotopic (exact) mass is 551 g/mol. The zero-order chi connectivity index (χ0) is 28.5. The molecular weight excluding hydrogens is 506 g/mol. The number of amides is 1. The van der Waals surface area contributed by atoms with Crippen LogP contribution in [-0.4, -0.2) is 79.3 Å². The number of carbonyl (C=O) groups excluding carboxylic acids is 1. The number of hydrogen-bond acceptors (Lipinski definition) is 6. The number of carboxylic acid groups (broad SMARTS) is 1. The third-order valence-electron chi connectivity index (χ3n) is 8.42. The highest BCUT2D eigenvalue weighted by Gasteiger charge is 2.47. The molecule has 40 heavy (non-hydrogen) atoms. The number of fused-ring (bicyclic) bond motifs is 1. The van der Waals surface area contributed by atoms with Gasteiger partial charge in [-0.05, 0) is 67.5 Å². The van der Waals surface area contributed by atoms with Crippen molar-refractivity contribution in [2.24, 2.45) is 11.7 Å². The van der Waals surface area contributed by atoms with Crippen molar-refractivity contribution in [1.29, 1.82) is 0 Å². The maximum atomic E-state index is 13.6. The standard InChI is InChI=1S/C32H45N3O5/c1-3-4-17-34(18-8-16-33)30(36)22-35-21-26(24-13-14-29-25(20-24)15-19-40-29)31(32(37)38)27(35)11-7-10-23-9-5-6-12-28(23)39-2/h5-6,9,12-14,20,26-27,31H,3-4,7-8,10-11,15-19,21-22,33H2,1-2H3,(H,37,38)/t26-,27+,31-/m1/s1. The lowest BCUT2D eigenvalue weighted by Crippen LogP contribution is -2.45. The van der Waals surface area contributed by atoms with Gasteiger partial charge in [0.25, 0.3) is 0 Å². The van der Waals surface area contributed by atoms with E-state index in [0.717, 1.165) is 66.7 Å². The molecule has 0 aliphatic carbocycles. The summed E-state index contributed by atoms with van der Waals surface area (Å²) in [5.74, 6) is 0.203. The quantitative estimate of drug-likeness (QED) is 0.343. The number of unbranched alkanes of at least 4 members (excludes halogenated alkanes) is 1. The van der Waals surface area contributed by atoms with Crippen LogP contribution in [0.3, 0.4) is 0 Å². The second-order valence-electron chi connectivity index (χ2n) is 11.0. The van der Waals surface area contributed by atoms with Crippen LogP contribution in [0.25, 0.3) is 0 Å². The van der Waals surface area contributed by atoms with E-state index >= 15 is 0 Å². The number of nitrogens with zero attached hydrogens (tertiary/aromatic N) is 2. The van der Waals surface area contributed by atoms with Gasteiger partial charge in [-0.1, -0.05) is 43.7 Å². The van der Waals surface area contributed by atoms with Crippen molar-refractivity contribution < 1.29 is 24.2 Å². The van der Waals surface area contributed by atoms with Gasteiger partial charge in [0.05, 0.1) is 26.2 Å². The first kappa shape index (κ1) is 29.9. The van der Waals surface area contributed by atoms with Crippen LogP contribution in [0.2, 0.25) is 0 Å². The second-order valence-corrected chi connectivity index (χ2v) is 11.0. The van der Waals surface area contributed by atoms with E-state index in [1.165, 1.54) is 0 Å². The van der Waals surface area contributed by atoms with Crippen LogP contribution in [0.1, 0.15) is 61.6 Å². The van der Waals surface area contributed by atoms with Crippen molar-refractivity contribution in [2.45, 2.75) is 63.8 Å². The van der Waals surface area contributed by atoms with Crippen molar-refractivity contribution in [1.82, 2.24) is 9.80 Å². The number of hydrogen-bond donors (Lipinski definition) is 2. The van der Waals surface area contributed by atoms with E-state index in [1.807, 2.05) is 35.2 Å². The second kappa shape index (κ2) is 14.5. The molecule has 1 saturated heterocycles. The fourth-order valence-electron chi connectivity index (χ4n) is 6.30. The number of methoxy groups -OCH3 is 1. The molecule has 218 valence electrons. The molecule has 1 fully saturated rings. The molecule has 4 rings (SSSR count). The Hall–Kier alpha value is -3.10. The Balaban J connectivity index is 1.57. The van der Waals surface area contributed by atoms with Crippen molar-refractivity contribution in [3.8, 4) is 11.5 Å². The molecule has 0 spiro atoms. The van der Waals surface area contributed by atoms with Crippen LogP contribution in [-0.2, 0) is 22.4 Å². The molecule has 2 aromatic carbocycles. The number of ether oxygens (including phenoxy) is 2. The fraction of sp³-hybridized carbons (Fsp3) is 0.562. The highest BCUT2D eigenvalue weighted by atomic mass is 16.5. The maximum Gasteiger partial charge on any atom is 0.308 e. The molecule has 8 heteroatoms. The largest absolute Gasteiger partial charge is 0.496 e. The number of benzene rings is 2. The SMILES string of the molecule is CCCCN(CCCN)C(=O)CN1C[C@H](c2ccc3c(c2)CCO3)[C@@H](C(=O)O)[C@@H]1CCCc1ccccc1OC. The molecule has 2 aliphatic heterocycles. The van der Waals surface area contributed by atoms with Crippen LogP contribution in [0.15, 0.2) is 42.5 Å². The van der Waals surface area contributed by atoms with E-state index in [4.69, 9.17) is 15.2 Å². The summed E-state index contributed by atoms with van der Waals surface area (Å²) in [5, 5.41) is 10.5. The molecule has 1 amide bonds. The van der Waals surface area contributed by atoms with Gasteiger partial charge >= 0.3 is 5.97 Å². The summed E-state index contributed by atoms with van der Waals surface area (Å²) in [6.07, 6.45) is 5.82. The lowest BCUT2D eigenvalue weighted by molar-refractivity contribution is -0.143. The van der Waals surface area contributed by atoms with Crippen molar-refractivity contribution in [2.75, 3.05) is 46.4 Å². The van der Waals surface area contributed by atoms with E-state index in [-0.39, 0.29) is 24.4 Å². The molecule has 0 unspecified atom stereocenters. The molecule has 3 atom stereocenters. The van der Waals surface area contributed by atoms with Gasteiger partial charge in [0.1, 0.15) is 11.5 Å². The molecule has 3 N–H and O–H groups in total. The van der Waals surface area contributed by atoms with Crippen LogP contribution < -0.4 is 15.2 Å². The number of rotatable bonds is 15. The van der Waals surface area contributed by atoms with Gasteiger partial charge < -0.3 is 25.2 Å². The number of nitrogens with two attached hydrogens (primary N) is 1. The average molecular weight is 552 g/mol. The minimum atomic E-state index is -0.801. The third-order valence-corrected chi connectivity index (χ3v) is 8.42. The Morgan fingerprint density at radius 3 is 2.70 bits per heavy atom. The number of carboxylic acids is 1. The summed E-state index contributed by atoms with van der Waals surface area (Å²) in [6, 6.07) is 13.8. The van der Waals surface area contributed by atoms with Gasteiger partial charge in [0.2, 0.25) is 5.91 Å². The lowest BCUT2D eigenvalue weighted by atomic mass is 9.83. The van der Waals surface area contributed by atoms with E-state index in [0.29, 0.717) is 39.2 Å². The molecule has 0 aromatic heterocycles. The highest BCUT2D eigenvalue weighted by Crippen LogP contribution is 2.41. The summed E-state index contributed by atoms with van der Waals surface area (Å²) in [7, 11) is 1.67. The van der Waals surface area contributed by atoms with E-state index in [9.17, 15) is 14.7 Å². The molecule has 2 aliphatic rings. The Labute approximate surface area is 238 Å². The number of aryl methyl sites for hydroxylation is 1. The highest BCUT2D eigenvalue weighted by molar-refractivity contribution is 5.79. The zero-order valence-corrected chi connectivity index (χ0v) is 24.0. The van der Waals surface area contributed by atoms with E-state index < -0.39 is 11.9 Å². The fourth-order valence-corrected chi connectivity index (χ4v) is 6.30. The first-order valence-electron chi connectivity index (χ1n) is 14.8. The summed E-state index contributed by atoms with van der Waals surface area (Å²) < 4.78 is 11.2. The molecule has 0 saturated carbocycles. The Morgan fingerprint density at radius 1 is 1.15 bits per heavy atom. The van der Waals surface area contributed by atoms with Crippen molar-refractivity contribution >= 4 is 11.9 Å². The average Bonchev–Trinajstić information content (AvgIpc) is 3.57. The minimum absolute atomic E-state index is 0.0590.